The van der Waals surface area contributed by atoms with Crippen molar-refractivity contribution < 1.29 is 4.39 Å². The lowest BCUT2D eigenvalue weighted by Crippen LogP contribution is -1.95. The molecule has 0 N–H and O–H groups in total. The van der Waals surface area contributed by atoms with Crippen molar-refractivity contribution in [1.29, 1.82) is 0 Å². The first-order chi connectivity index (χ1) is 5.04. The van der Waals surface area contributed by atoms with E-state index < -0.39 is 0 Å². The molecule has 0 aliphatic rings. The van der Waals surface area contributed by atoms with E-state index in [0.29, 0.717) is 5.92 Å². The van der Waals surface area contributed by atoms with E-state index in [-0.39, 0.29) is 5.95 Å². The summed E-state index contributed by atoms with van der Waals surface area (Å²) in [5.41, 5.74) is 2.13. The Morgan fingerprint density at radius 2 is 2.00 bits per heavy atom. The van der Waals surface area contributed by atoms with Gasteiger partial charge < -0.3 is 4.57 Å². The molecule has 0 bridgehead atoms. The molecule has 0 amide bonds. The lowest BCUT2D eigenvalue weighted by atomic mass is 10.0. The molecule has 0 aromatic carbocycles. The minimum atomic E-state index is -0.147. The van der Waals surface area contributed by atoms with Gasteiger partial charge >= 0.3 is 0 Å². The van der Waals surface area contributed by atoms with Gasteiger partial charge in [-0.25, -0.2) is 0 Å². The first kappa shape index (κ1) is 8.31. The van der Waals surface area contributed by atoms with Gasteiger partial charge in [0.1, 0.15) is 0 Å². The van der Waals surface area contributed by atoms with Gasteiger partial charge in [-0.15, -0.1) is 0 Å². The Hall–Kier alpha value is -0.790. The summed E-state index contributed by atoms with van der Waals surface area (Å²) in [5.74, 6) is 0.261. The van der Waals surface area contributed by atoms with E-state index in [9.17, 15) is 4.39 Å². The van der Waals surface area contributed by atoms with E-state index >= 15 is 0 Å². The second-order valence-corrected chi connectivity index (χ2v) is 3.22. The van der Waals surface area contributed by atoms with Crippen molar-refractivity contribution in [2.75, 3.05) is 0 Å². The van der Waals surface area contributed by atoms with E-state index in [4.69, 9.17) is 0 Å². The molecular formula is C9H14FN. The van der Waals surface area contributed by atoms with Gasteiger partial charge in [-0.05, 0) is 24.5 Å². The molecule has 0 aliphatic carbocycles. The van der Waals surface area contributed by atoms with Crippen LogP contribution in [0.4, 0.5) is 4.39 Å². The zero-order chi connectivity index (χ0) is 8.59. The first-order valence-corrected chi connectivity index (χ1v) is 3.85. The van der Waals surface area contributed by atoms with Gasteiger partial charge in [0.2, 0.25) is 0 Å². The second kappa shape index (κ2) is 2.68. The van der Waals surface area contributed by atoms with Crippen LogP contribution >= 0.6 is 0 Å². The van der Waals surface area contributed by atoms with Gasteiger partial charge in [-0.1, -0.05) is 13.8 Å². The third kappa shape index (κ3) is 1.30. The Kier molecular flexibility index (Phi) is 2.03. The predicted octanol–water partition coefficient (Wildman–Crippen LogP) is 2.60. The molecule has 0 saturated carbocycles. The molecule has 0 unspecified atom stereocenters. The molecule has 1 aromatic rings. The fraction of sp³-hybridized carbons (Fsp3) is 0.556. The summed E-state index contributed by atoms with van der Waals surface area (Å²) < 4.78 is 14.5. The smallest absolute Gasteiger partial charge is 0.193 e. The van der Waals surface area contributed by atoms with E-state index in [2.05, 4.69) is 13.8 Å². The number of halogens is 1. The Bertz CT molecular complexity index is 261. The molecular weight excluding hydrogens is 141 g/mol. The van der Waals surface area contributed by atoms with Crippen LogP contribution in [0.5, 0.6) is 0 Å². The molecule has 0 aliphatic heterocycles. The second-order valence-electron chi connectivity index (χ2n) is 3.22. The average molecular weight is 155 g/mol. The molecule has 2 heteroatoms. The van der Waals surface area contributed by atoms with Crippen molar-refractivity contribution >= 4 is 0 Å². The Morgan fingerprint density at radius 3 is 2.18 bits per heavy atom. The van der Waals surface area contributed by atoms with Crippen LogP contribution < -0.4 is 0 Å². The maximum atomic E-state index is 12.9. The summed E-state index contributed by atoms with van der Waals surface area (Å²) in [4.78, 5) is 0. The molecule has 1 heterocycles. The van der Waals surface area contributed by atoms with Crippen LogP contribution in [0.25, 0.3) is 0 Å². The number of aromatic nitrogens is 1. The van der Waals surface area contributed by atoms with Gasteiger partial charge in [-0.3, -0.25) is 0 Å². The topological polar surface area (TPSA) is 4.93 Å². The van der Waals surface area contributed by atoms with Crippen molar-refractivity contribution in [1.82, 2.24) is 4.57 Å². The Labute approximate surface area is 66.8 Å². The van der Waals surface area contributed by atoms with Crippen LogP contribution in [0.1, 0.15) is 31.0 Å². The van der Waals surface area contributed by atoms with E-state index in [1.807, 2.05) is 6.92 Å². The highest BCUT2D eigenvalue weighted by Crippen LogP contribution is 2.21. The highest BCUT2D eigenvalue weighted by molar-refractivity contribution is 5.24. The number of hydrogen-bond donors (Lipinski definition) is 0. The molecule has 0 radical (unpaired) electrons. The van der Waals surface area contributed by atoms with Gasteiger partial charge in [-0.2, -0.15) is 4.39 Å². The number of hydrogen-bond acceptors (Lipinski definition) is 0. The van der Waals surface area contributed by atoms with Gasteiger partial charge in [0.15, 0.2) is 5.95 Å². The van der Waals surface area contributed by atoms with Crippen molar-refractivity contribution in [3.63, 3.8) is 0 Å². The summed E-state index contributed by atoms with van der Waals surface area (Å²) >= 11 is 0. The standard InChI is InChI=1S/C9H14FN/c1-6(2)8-5-9(10)11(4)7(8)3/h5-6H,1-4H3. The highest BCUT2D eigenvalue weighted by Gasteiger charge is 2.10. The van der Waals surface area contributed by atoms with Crippen LogP contribution in [-0.4, -0.2) is 4.57 Å². The van der Waals surface area contributed by atoms with Crippen LogP contribution in [-0.2, 0) is 7.05 Å². The molecule has 11 heavy (non-hydrogen) atoms. The Balaban J connectivity index is 3.19. The minimum Gasteiger partial charge on any atom is -0.325 e. The third-order valence-electron chi connectivity index (χ3n) is 2.14. The largest absolute Gasteiger partial charge is 0.325 e. The summed E-state index contributed by atoms with van der Waals surface area (Å²) in [7, 11) is 1.75. The van der Waals surface area contributed by atoms with Crippen molar-refractivity contribution in [2.45, 2.75) is 26.7 Å². The third-order valence-corrected chi connectivity index (χ3v) is 2.14. The zero-order valence-electron chi connectivity index (χ0n) is 7.48. The van der Waals surface area contributed by atoms with Crippen LogP contribution in [0.15, 0.2) is 6.07 Å². The van der Waals surface area contributed by atoms with Gasteiger partial charge in [0, 0.05) is 12.7 Å². The van der Waals surface area contributed by atoms with Crippen molar-refractivity contribution in [3.8, 4) is 0 Å². The maximum absolute atomic E-state index is 12.9. The summed E-state index contributed by atoms with van der Waals surface area (Å²) in [5, 5.41) is 0. The van der Waals surface area contributed by atoms with Crippen LogP contribution in [0.2, 0.25) is 0 Å². The molecule has 1 nitrogen and oxygen atoms in total. The normalized spacial score (nSPS) is 11.1. The molecule has 0 saturated heterocycles. The van der Waals surface area contributed by atoms with E-state index in [1.165, 1.54) is 0 Å². The summed E-state index contributed by atoms with van der Waals surface area (Å²) in [6.45, 7) is 6.09. The van der Waals surface area contributed by atoms with Gasteiger partial charge in [0.05, 0.1) is 0 Å². The number of rotatable bonds is 1. The highest BCUT2D eigenvalue weighted by atomic mass is 19.1. The first-order valence-electron chi connectivity index (χ1n) is 3.85. The maximum Gasteiger partial charge on any atom is 0.193 e. The SMILES string of the molecule is Cc1c(C(C)C)cc(F)n1C. The predicted molar refractivity (Wildman–Crippen MR) is 44.2 cm³/mol. The molecule has 1 rings (SSSR count). The molecule has 0 spiro atoms. The lowest BCUT2D eigenvalue weighted by Gasteiger charge is -2.03. The monoisotopic (exact) mass is 155 g/mol. The lowest BCUT2D eigenvalue weighted by molar-refractivity contribution is 0.530. The molecule has 0 fully saturated rings. The molecule has 62 valence electrons. The average Bonchev–Trinajstić information content (AvgIpc) is 2.17. The quantitative estimate of drug-likeness (QED) is 0.587. The van der Waals surface area contributed by atoms with Gasteiger partial charge in [0.25, 0.3) is 0 Å². The van der Waals surface area contributed by atoms with Crippen LogP contribution in [0, 0.1) is 12.9 Å². The molecule has 0 atom stereocenters. The fourth-order valence-corrected chi connectivity index (χ4v) is 1.27. The zero-order valence-corrected chi connectivity index (χ0v) is 7.48. The summed E-state index contributed by atoms with van der Waals surface area (Å²) in [6.07, 6.45) is 0. The molecule has 1 aromatic heterocycles. The van der Waals surface area contributed by atoms with Crippen molar-refractivity contribution in [3.05, 3.63) is 23.3 Å². The summed E-state index contributed by atoms with van der Waals surface area (Å²) in [6, 6.07) is 1.61. The Morgan fingerprint density at radius 1 is 1.45 bits per heavy atom. The van der Waals surface area contributed by atoms with E-state index in [1.54, 1.807) is 17.7 Å². The number of nitrogens with zero attached hydrogens (tertiary/aromatic N) is 1. The minimum absolute atomic E-state index is 0.147. The van der Waals surface area contributed by atoms with Crippen molar-refractivity contribution in [2.24, 2.45) is 7.05 Å². The van der Waals surface area contributed by atoms with Crippen LogP contribution in [0.3, 0.4) is 0 Å². The fourth-order valence-electron chi connectivity index (χ4n) is 1.27. The van der Waals surface area contributed by atoms with E-state index in [0.717, 1.165) is 11.3 Å².